The second-order valence-electron chi connectivity index (χ2n) is 6.49. The molecule has 1 aliphatic heterocycles. The predicted octanol–water partition coefficient (Wildman–Crippen LogP) is 3.88. The Kier molecular flexibility index (Phi) is 7.95. The molecule has 0 aliphatic carbocycles. The van der Waals surface area contributed by atoms with Gasteiger partial charge in [-0.1, -0.05) is 30.3 Å². The maximum atomic E-state index is 12.2. The number of anilines is 2. The molecule has 1 amide bonds. The monoisotopic (exact) mass is 373 g/mol. The first-order valence-electron chi connectivity index (χ1n) is 9.18. The summed E-state index contributed by atoms with van der Waals surface area (Å²) in [6.07, 6.45) is 1.88. The van der Waals surface area contributed by atoms with Crippen molar-refractivity contribution in [3.8, 4) is 0 Å². The van der Waals surface area contributed by atoms with Gasteiger partial charge in [-0.3, -0.25) is 4.79 Å². The van der Waals surface area contributed by atoms with Crippen LogP contribution in [-0.2, 0) is 11.3 Å². The van der Waals surface area contributed by atoms with Crippen LogP contribution in [0.3, 0.4) is 0 Å². The first-order valence-corrected chi connectivity index (χ1v) is 9.18. The molecule has 1 fully saturated rings. The third-order valence-corrected chi connectivity index (χ3v) is 4.81. The molecule has 0 saturated carbocycles. The Morgan fingerprint density at radius 1 is 1.04 bits per heavy atom. The summed E-state index contributed by atoms with van der Waals surface area (Å²) in [7, 11) is 0. The minimum absolute atomic E-state index is 0. The normalized spacial score (nSPS) is 14.3. The highest BCUT2D eigenvalue weighted by atomic mass is 35.5. The average molecular weight is 374 g/mol. The second kappa shape index (κ2) is 10.2. The fourth-order valence-electron chi connectivity index (χ4n) is 3.33. The summed E-state index contributed by atoms with van der Waals surface area (Å²) in [6.45, 7) is 5.55. The molecule has 0 bridgehead atoms. The lowest BCUT2D eigenvalue weighted by Gasteiger charge is -2.24. The van der Waals surface area contributed by atoms with Crippen LogP contribution in [0.1, 0.15) is 25.3 Å². The molecule has 4 nitrogen and oxygen atoms in total. The van der Waals surface area contributed by atoms with Gasteiger partial charge in [0.15, 0.2) is 0 Å². The predicted molar refractivity (Wildman–Crippen MR) is 110 cm³/mol. The van der Waals surface area contributed by atoms with Crippen molar-refractivity contribution in [2.24, 2.45) is 5.92 Å². The molecule has 0 atom stereocenters. The molecule has 2 N–H and O–H groups in total. The molecule has 0 spiro atoms. The zero-order chi connectivity index (χ0) is 17.5. The minimum atomic E-state index is 0. The lowest BCUT2D eigenvalue weighted by atomic mass is 9.97. The number of rotatable bonds is 6. The number of halogens is 1. The number of para-hydroxylation sites is 1. The van der Waals surface area contributed by atoms with Gasteiger partial charge in [-0.05, 0) is 62.7 Å². The average Bonchev–Trinajstić information content (AvgIpc) is 2.69. The highest BCUT2D eigenvalue weighted by molar-refractivity contribution is 5.85. The van der Waals surface area contributed by atoms with Crippen LogP contribution in [0.4, 0.5) is 11.4 Å². The third kappa shape index (κ3) is 5.23. The van der Waals surface area contributed by atoms with Gasteiger partial charge in [-0.15, -0.1) is 12.4 Å². The van der Waals surface area contributed by atoms with Crippen molar-refractivity contribution in [2.75, 3.05) is 24.5 Å². The van der Waals surface area contributed by atoms with E-state index in [1.165, 1.54) is 11.4 Å². The highest BCUT2D eigenvalue weighted by Gasteiger charge is 2.20. The number of piperidine rings is 1. The molecular weight excluding hydrogens is 346 g/mol. The molecule has 0 aromatic heterocycles. The Morgan fingerprint density at radius 3 is 2.27 bits per heavy atom. The zero-order valence-electron chi connectivity index (χ0n) is 15.3. The standard InChI is InChI=1S/C21H27N3O.ClH/c1-2-24(19-6-4-3-5-7-19)20-10-8-17(9-11-20)16-23-21(25)18-12-14-22-15-13-18;/h3-11,18,22H,2,12-16H2,1H3,(H,23,25);1H. The van der Waals surface area contributed by atoms with E-state index < -0.39 is 0 Å². The van der Waals surface area contributed by atoms with Crippen molar-refractivity contribution >= 4 is 29.7 Å². The van der Waals surface area contributed by atoms with Gasteiger partial charge in [0.25, 0.3) is 0 Å². The number of hydrogen-bond donors (Lipinski definition) is 2. The molecule has 1 aliphatic rings. The lowest BCUT2D eigenvalue weighted by molar-refractivity contribution is -0.125. The van der Waals surface area contributed by atoms with E-state index in [0.29, 0.717) is 6.54 Å². The largest absolute Gasteiger partial charge is 0.352 e. The van der Waals surface area contributed by atoms with Crippen LogP contribution in [0.2, 0.25) is 0 Å². The third-order valence-electron chi connectivity index (χ3n) is 4.81. The van der Waals surface area contributed by atoms with E-state index in [0.717, 1.165) is 38.0 Å². The number of nitrogens with zero attached hydrogens (tertiary/aromatic N) is 1. The van der Waals surface area contributed by atoms with Crippen LogP contribution in [-0.4, -0.2) is 25.5 Å². The Labute approximate surface area is 162 Å². The highest BCUT2D eigenvalue weighted by Crippen LogP contribution is 2.25. The number of hydrogen-bond acceptors (Lipinski definition) is 3. The molecule has 0 unspecified atom stereocenters. The second-order valence-corrected chi connectivity index (χ2v) is 6.49. The fourth-order valence-corrected chi connectivity index (χ4v) is 3.33. The summed E-state index contributed by atoms with van der Waals surface area (Å²) >= 11 is 0. The Morgan fingerprint density at radius 2 is 1.65 bits per heavy atom. The number of carbonyl (C=O) groups excluding carboxylic acids is 1. The molecule has 1 heterocycles. The molecule has 0 radical (unpaired) electrons. The van der Waals surface area contributed by atoms with Crippen molar-refractivity contribution in [1.29, 1.82) is 0 Å². The van der Waals surface area contributed by atoms with Crippen LogP contribution in [0.15, 0.2) is 54.6 Å². The summed E-state index contributed by atoms with van der Waals surface area (Å²) in [5, 5.41) is 6.38. The van der Waals surface area contributed by atoms with E-state index in [4.69, 9.17) is 0 Å². The quantitative estimate of drug-likeness (QED) is 0.807. The van der Waals surface area contributed by atoms with Crippen molar-refractivity contribution in [3.63, 3.8) is 0 Å². The number of benzene rings is 2. The first kappa shape index (κ1) is 20.3. The van der Waals surface area contributed by atoms with Gasteiger partial charge in [0.05, 0.1) is 0 Å². The van der Waals surface area contributed by atoms with Gasteiger partial charge in [0.1, 0.15) is 0 Å². The van der Waals surface area contributed by atoms with Crippen LogP contribution < -0.4 is 15.5 Å². The molecule has 26 heavy (non-hydrogen) atoms. The number of nitrogens with one attached hydrogen (secondary N) is 2. The van der Waals surface area contributed by atoms with Crippen molar-refractivity contribution in [2.45, 2.75) is 26.3 Å². The molecule has 3 rings (SSSR count). The van der Waals surface area contributed by atoms with Crippen LogP contribution >= 0.6 is 12.4 Å². The van der Waals surface area contributed by atoms with Gasteiger partial charge < -0.3 is 15.5 Å². The molecule has 5 heteroatoms. The van der Waals surface area contributed by atoms with Crippen molar-refractivity contribution < 1.29 is 4.79 Å². The molecule has 2 aromatic carbocycles. The van der Waals surface area contributed by atoms with Gasteiger partial charge >= 0.3 is 0 Å². The maximum absolute atomic E-state index is 12.2. The van der Waals surface area contributed by atoms with E-state index in [-0.39, 0.29) is 24.2 Å². The number of carbonyl (C=O) groups is 1. The van der Waals surface area contributed by atoms with Crippen LogP contribution in [0.25, 0.3) is 0 Å². The Balaban J connectivity index is 0.00000243. The summed E-state index contributed by atoms with van der Waals surface area (Å²) in [4.78, 5) is 14.5. The molecular formula is C21H28ClN3O. The van der Waals surface area contributed by atoms with Crippen molar-refractivity contribution in [3.05, 3.63) is 60.2 Å². The van der Waals surface area contributed by atoms with E-state index in [1.807, 2.05) is 6.07 Å². The van der Waals surface area contributed by atoms with Gasteiger partial charge in [0.2, 0.25) is 5.91 Å². The summed E-state index contributed by atoms with van der Waals surface area (Å²) in [6, 6.07) is 18.8. The minimum Gasteiger partial charge on any atom is -0.352 e. The Hall–Kier alpha value is -2.04. The number of amides is 1. The molecule has 1 saturated heterocycles. The summed E-state index contributed by atoms with van der Waals surface area (Å²) in [5.41, 5.74) is 3.49. The maximum Gasteiger partial charge on any atom is 0.223 e. The first-order chi connectivity index (χ1) is 12.3. The van der Waals surface area contributed by atoms with Crippen LogP contribution in [0, 0.1) is 5.92 Å². The fraction of sp³-hybridized carbons (Fsp3) is 0.381. The van der Waals surface area contributed by atoms with Crippen LogP contribution in [0.5, 0.6) is 0 Å². The van der Waals surface area contributed by atoms with Gasteiger partial charge in [-0.25, -0.2) is 0 Å². The molecule has 2 aromatic rings. The van der Waals surface area contributed by atoms with E-state index in [2.05, 4.69) is 71.0 Å². The van der Waals surface area contributed by atoms with E-state index in [9.17, 15) is 4.79 Å². The van der Waals surface area contributed by atoms with E-state index in [1.54, 1.807) is 0 Å². The lowest BCUT2D eigenvalue weighted by Crippen LogP contribution is -2.37. The summed E-state index contributed by atoms with van der Waals surface area (Å²) in [5.74, 6) is 0.347. The topological polar surface area (TPSA) is 44.4 Å². The summed E-state index contributed by atoms with van der Waals surface area (Å²) < 4.78 is 0. The van der Waals surface area contributed by atoms with Gasteiger partial charge in [-0.2, -0.15) is 0 Å². The zero-order valence-corrected chi connectivity index (χ0v) is 16.1. The van der Waals surface area contributed by atoms with Crippen molar-refractivity contribution in [1.82, 2.24) is 10.6 Å². The van der Waals surface area contributed by atoms with E-state index >= 15 is 0 Å². The Bertz CT molecular complexity index is 669. The van der Waals surface area contributed by atoms with Gasteiger partial charge in [0, 0.05) is 30.4 Å². The smallest absolute Gasteiger partial charge is 0.223 e. The SMILES string of the molecule is CCN(c1ccccc1)c1ccc(CNC(=O)C2CCNCC2)cc1.Cl. The molecule has 140 valence electrons.